The summed E-state index contributed by atoms with van der Waals surface area (Å²) in [7, 11) is 6.81. The summed E-state index contributed by atoms with van der Waals surface area (Å²) in [6, 6.07) is 15.3. The van der Waals surface area contributed by atoms with Crippen molar-refractivity contribution in [1.82, 2.24) is 4.90 Å². The van der Waals surface area contributed by atoms with Crippen molar-refractivity contribution in [1.29, 1.82) is 0 Å². The zero-order valence-corrected chi connectivity index (χ0v) is 21.5. The monoisotopic (exact) mass is 471 g/mol. The second-order valence-corrected chi connectivity index (χ2v) is 9.29. The minimum atomic E-state index is 0.754. The molecule has 2 heterocycles. The zero-order chi connectivity index (χ0) is 24.7. The topological polar surface area (TPSA) is 40.2 Å². The summed E-state index contributed by atoms with van der Waals surface area (Å²) in [5.74, 6) is 3.12. The van der Waals surface area contributed by atoms with Crippen molar-refractivity contribution < 1.29 is 18.9 Å². The zero-order valence-electron chi connectivity index (χ0n) is 21.5. The molecular formula is C30H33NO4. The van der Waals surface area contributed by atoms with Gasteiger partial charge in [-0.2, -0.15) is 0 Å². The highest BCUT2D eigenvalue weighted by atomic mass is 16.5. The van der Waals surface area contributed by atoms with Crippen LogP contribution in [0.5, 0.6) is 23.0 Å². The fourth-order valence-corrected chi connectivity index (χ4v) is 5.44. The van der Waals surface area contributed by atoms with Gasteiger partial charge in [-0.1, -0.05) is 24.3 Å². The van der Waals surface area contributed by atoms with Gasteiger partial charge in [0.2, 0.25) is 0 Å². The summed E-state index contributed by atoms with van der Waals surface area (Å²) in [4.78, 5) is 2.48. The quantitative estimate of drug-likeness (QED) is 0.453. The molecule has 0 aliphatic carbocycles. The molecule has 0 saturated heterocycles. The van der Waals surface area contributed by atoms with E-state index in [4.69, 9.17) is 18.9 Å². The fourth-order valence-electron chi connectivity index (χ4n) is 5.44. The second-order valence-electron chi connectivity index (χ2n) is 9.29. The van der Waals surface area contributed by atoms with E-state index in [0.717, 1.165) is 48.9 Å². The molecule has 5 rings (SSSR count). The van der Waals surface area contributed by atoms with Gasteiger partial charge in [-0.15, -0.1) is 0 Å². The van der Waals surface area contributed by atoms with Crippen molar-refractivity contribution in [3.63, 3.8) is 0 Å². The van der Waals surface area contributed by atoms with Gasteiger partial charge in [-0.05, 0) is 71.9 Å². The second kappa shape index (κ2) is 9.21. The van der Waals surface area contributed by atoms with Gasteiger partial charge < -0.3 is 23.8 Å². The number of hydrogen-bond acceptors (Lipinski definition) is 5. The average molecular weight is 472 g/mol. The van der Waals surface area contributed by atoms with E-state index in [1.54, 1.807) is 28.4 Å². The Morgan fingerprint density at radius 2 is 1.49 bits per heavy atom. The molecule has 0 fully saturated rings. The molecule has 0 saturated carbocycles. The normalized spacial score (nSPS) is 14.2. The van der Waals surface area contributed by atoms with E-state index < -0.39 is 0 Å². The number of allylic oxidation sites excluding steroid dienone is 1. The van der Waals surface area contributed by atoms with Gasteiger partial charge in [0.05, 0.1) is 28.4 Å². The molecule has 5 heteroatoms. The molecule has 35 heavy (non-hydrogen) atoms. The van der Waals surface area contributed by atoms with Crippen LogP contribution in [0.4, 0.5) is 0 Å². The van der Waals surface area contributed by atoms with Crippen molar-refractivity contribution in [3.05, 3.63) is 81.4 Å². The largest absolute Gasteiger partial charge is 0.493 e. The predicted octanol–water partition coefficient (Wildman–Crippen LogP) is 5.82. The summed E-state index contributed by atoms with van der Waals surface area (Å²) in [6.45, 7) is 6.04. The van der Waals surface area contributed by atoms with E-state index in [9.17, 15) is 0 Å². The lowest BCUT2D eigenvalue weighted by Gasteiger charge is -2.40. The highest BCUT2D eigenvalue weighted by Crippen LogP contribution is 2.48. The van der Waals surface area contributed by atoms with E-state index in [2.05, 4.69) is 55.1 Å². The molecule has 0 aromatic heterocycles. The van der Waals surface area contributed by atoms with Crippen LogP contribution in [0.15, 0.2) is 42.5 Å². The molecule has 0 unspecified atom stereocenters. The standard InChI is InChI=1S/C30H33NO4/c1-18-7-8-20(13-19(18)2)14-24-22-9-10-26(32-3)30(35-6)25(22)17-31-12-11-21-15-27(33-4)28(34-5)16-23(21)29(24)31/h7-10,13,15-16H,11-12,14,17H2,1-6H3. The van der Waals surface area contributed by atoms with Gasteiger partial charge in [0.1, 0.15) is 0 Å². The number of ether oxygens (including phenoxy) is 4. The van der Waals surface area contributed by atoms with E-state index in [1.165, 1.54) is 50.2 Å². The van der Waals surface area contributed by atoms with Crippen LogP contribution in [0.2, 0.25) is 0 Å². The summed E-state index contributed by atoms with van der Waals surface area (Å²) in [5, 5.41) is 0. The third kappa shape index (κ3) is 3.89. The van der Waals surface area contributed by atoms with E-state index in [-0.39, 0.29) is 0 Å². The van der Waals surface area contributed by atoms with Gasteiger partial charge in [0, 0.05) is 36.3 Å². The lowest BCUT2D eigenvalue weighted by Crippen LogP contribution is -2.33. The molecule has 0 atom stereocenters. The number of benzene rings is 3. The summed E-state index contributed by atoms with van der Waals surface area (Å²) in [5.41, 5.74) is 11.4. The van der Waals surface area contributed by atoms with Crippen LogP contribution in [-0.4, -0.2) is 39.9 Å². The average Bonchev–Trinajstić information content (AvgIpc) is 2.88. The minimum absolute atomic E-state index is 0.754. The van der Waals surface area contributed by atoms with Gasteiger partial charge in [-0.25, -0.2) is 0 Å². The minimum Gasteiger partial charge on any atom is -0.493 e. The first-order valence-corrected chi connectivity index (χ1v) is 12.0. The molecule has 182 valence electrons. The van der Waals surface area contributed by atoms with Crippen LogP contribution < -0.4 is 18.9 Å². The maximum Gasteiger partial charge on any atom is 0.166 e. The molecular weight excluding hydrogens is 438 g/mol. The Hall–Kier alpha value is -3.60. The first-order valence-electron chi connectivity index (χ1n) is 12.0. The van der Waals surface area contributed by atoms with E-state index >= 15 is 0 Å². The smallest absolute Gasteiger partial charge is 0.166 e. The maximum atomic E-state index is 5.87. The van der Waals surface area contributed by atoms with Gasteiger partial charge in [0.25, 0.3) is 0 Å². The molecule has 0 spiro atoms. The molecule has 0 N–H and O–H groups in total. The van der Waals surface area contributed by atoms with Gasteiger partial charge >= 0.3 is 0 Å². The number of rotatable bonds is 6. The lowest BCUT2D eigenvalue weighted by atomic mass is 9.82. The molecule has 5 nitrogen and oxygen atoms in total. The molecule has 0 bridgehead atoms. The van der Waals surface area contributed by atoms with Crippen LogP contribution >= 0.6 is 0 Å². The lowest BCUT2D eigenvalue weighted by molar-refractivity contribution is 0.332. The van der Waals surface area contributed by atoms with Crippen molar-refractivity contribution in [2.45, 2.75) is 33.2 Å². The predicted molar refractivity (Wildman–Crippen MR) is 140 cm³/mol. The maximum absolute atomic E-state index is 5.87. The van der Waals surface area contributed by atoms with Crippen molar-refractivity contribution in [3.8, 4) is 23.0 Å². The summed E-state index contributed by atoms with van der Waals surface area (Å²) < 4.78 is 22.8. The Bertz CT molecular complexity index is 1320. The summed E-state index contributed by atoms with van der Waals surface area (Å²) in [6.07, 6.45) is 1.76. The number of hydrogen-bond donors (Lipinski definition) is 0. The first-order chi connectivity index (χ1) is 17.0. The van der Waals surface area contributed by atoms with Crippen molar-refractivity contribution >= 4 is 11.3 Å². The van der Waals surface area contributed by atoms with Crippen molar-refractivity contribution in [2.75, 3.05) is 35.0 Å². The number of methoxy groups -OCH3 is 4. The third-order valence-corrected chi connectivity index (χ3v) is 7.39. The molecule has 3 aromatic rings. The molecule has 2 aliphatic heterocycles. The Kier molecular flexibility index (Phi) is 6.10. The first kappa shape index (κ1) is 23.2. The van der Waals surface area contributed by atoms with Crippen LogP contribution in [0.25, 0.3) is 11.3 Å². The van der Waals surface area contributed by atoms with Crippen LogP contribution in [0.3, 0.4) is 0 Å². The molecule has 3 aromatic carbocycles. The Labute approximate surface area is 207 Å². The van der Waals surface area contributed by atoms with Crippen LogP contribution in [0.1, 0.15) is 38.9 Å². The SMILES string of the molecule is COc1cc2c(cc1OC)C1=C(Cc3ccc(C)c(C)c3)c3ccc(OC)c(OC)c3CN1CC2. The van der Waals surface area contributed by atoms with Crippen molar-refractivity contribution in [2.24, 2.45) is 0 Å². The number of aryl methyl sites for hydroxylation is 2. The highest BCUT2D eigenvalue weighted by Gasteiger charge is 2.33. The van der Waals surface area contributed by atoms with E-state index in [1.807, 2.05) is 6.07 Å². The molecule has 2 aliphatic rings. The summed E-state index contributed by atoms with van der Waals surface area (Å²) >= 11 is 0. The Morgan fingerprint density at radius 3 is 2.17 bits per heavy atom. The molecule has 0 radical (unpaired) electrons. The third-order valence-electron chi connectivity index (χ3n) is 7.39. The fraction of sp³-hybridized carbons (Fsp3) is 0.333. The number of fused-ring (bicyclic) bond motifs is 4. The van der Waals surface area contributed by atoms with E-state index in [0.29, 0.717) is 0 Å². The molecule has 0 amide bonds. The van der Waals surface area contributed by atoms with Crippen LogP contribution in [-0.2, 0) is 19.4 Å². The highest BCUT2D eigenvalue weighted by molar-refractivity contribution is 5.96. The Morgan fingerprint density at radius 1 is 0.743 bits per heavy atom. The number of nitrogens with zero attached hydrogens (tertiary/aromatic N) is 1. The van der Waals surface area contributed by atoms with Crippen LogP contribution in [0, 0.1) is 13.8 Å². The Balaban J connectivity index is 1.77. The van der Waals surface area contributed by atoms with Gasteiger partial charge in [0.15, 0.2) is 23.0 Å². The van der Waals surface area contributed by atoms with Gasteiger partial charge in [-0.3, -0.25) is 0 Å².